The summed E-state index contributed by atoms with van der Waals surface area (Å²) in [5.74, 6) is -1.86. The molecule has 0 heterocycles. The summed E-state index contributed by atoms with van der Waals surface area (Å²) in [7, 11) is -4.29. The summed E-state index contributed by atoms with van der Waals surface area (Å²) in [6.07, 6.45) is -3.27. The predicted molar refractivity (Wildman–Crippen MR) is 133 cm³/mol. The topological polar surface area (TPSA) is 86.8 Å². The second-order valence-electron chi connectivity index (χ2n) is 8.30. The summed E-state index contributed by atoms with van der Waals surface area (Å²) in [6, 6.07) is 6.26. The van der Waals surface area contributed by atoms with Crippen LogP contribution in [-0.2, 0) is 32.3 Å². The molecule has 1 N–H and O–H groups in total. The third kappa shape index (κ3) is 8.32. The van der Waals surface area contributed by atoms with Crippen LogP contribution in [0.4, 0.5) is 23.2 Å². The first kappa shape index (κ1) is 30.4. The highest BCUT2D eigenvalue weighted by atomic mass is 35.5. The molecule has 0 unspecified atom stereocenters. The van der Waals surface area contributed by atoms with Crippen molar-refractivity contribution < 1.29 is 35.6 Å². The molecule has 0 aliphatic carbocycles. The number of sulfonamides is 1. The lowest BCUT2D eigenvalue weighted by Crippen LogP contribution is -2.52. The average molecular weight is 566 g/mol. The van der Waals surface area contributed by atoms with E-state index in [1.807, 2.05) is 6.92 Å². The minimum absolute atomic E-state index is 0.158. The molecule has 0 aliphatic heterocycles. The number of rotatable bonds is 11. The molecular formula is C24H28ClF4N3O4S. The summed E-state index contributed by atoms with van der Waals surface area (Å²) in [6.45, 7) is 2.73. The van der Waals surface area contributed by atoms with Gasteiger partial charge in [0.2, 0.25) is 21.8 Å². The third-order valence-corrected chi connectivity index (χ3v) is 6.87. The quantitative estimate of drug-likeness (QED) is 0.404. The van der Waals surface area contributed by atoms with E-state index in [-0.39, 0.29) is 18.0 Å². The third-order valence-electron chi connectivity index (χ3n) is 5.42. The van der Waals surface area contributed by atoms with Gasteiger partial charge in [0, 0.05) is 13.1 Å². The fraction of sp³-hybridized carbons (Fsp3) is 0.417. The Morgan fingerprint density at radius 1 is 1.08 bits per heavy atom. The fourth-order valence-corrected chi connectivity index (χ4v) is 4.67. The summed E-state index contributed by atoms with van der Waals surface area (Å²) >= 11 is 6.05. The number of benzene rings is 2. The Hall–Kier alpha value is -2.86. The normalized spacial score (nSPS) is 12.6. The molecule has 37 heavy (non-hydrogen) atoms. The highest BCUT2D eigenvalue weighted by molar-refractivity contribution is 7.92. The van der Waals surface area contributed by atoms with Crippen LogP contribution in [0.2, 0.25) is 5.02 Å². The smallest absolute Gasteiger partial charge is 0.354 e. The van der Waals surface area contributed by atoms with Crippen molar-refractivity contribution in [2.75, 3.05) is 23.7 Å². The van der Waals surface area contributed by atoms with Crippen LogP contribution in [0.3, 0.4) is 0 Å². The number of amides is 2. The van der Waals surface area contributed by atoms with Crippen molar-refractivity contribution in [3.63, 3.8) is 0 Å². The second kappa shape index (κ2) is 12.6. The molecule has 0 saturated carbocycles. The lowest BCUT2D eigenvalue weighted by molar-refractivity contribution is -0.140. The Morgan fingerprint density at radius 3 is 2.22 bits per heavy atom. The standard InChI is InChI=1S/C24H28ClF4N3O4S/c1-4-12-30-23(34)20(5-2)31(14-16-6-9-18(26)10-7-16)22(33)15-32(37(3,35)36)21-13-17(24(27,28)29)8-11-19(21)25/h6-11,13,20H,4-5,12,14-15H2,1-3H3,(H,30,34)/t20-/m1/s1. The zero-order valence-electron chi connectivity index (χ0n) is 20.5. The van der Waals surface area contributed by atoms with Crippen molar-refractivity contribution in [3.05, 3.63) is 64.4 Å². The van der Waals surface area contributed by atoms with Gasteiger partial charge in [-0.1, -0.05) is 37.6 Å². The van der Waals surface area contributed by atoms with Gasteiger partial charge in [-0.05, 0) is 48.7 Å². The first-order chi connectivity index (χ1) is 17.2. The van der Waals surface area contributed by atoms with Gasteiger partial charge in [0.1, 0.15) is 18.4 Å². The Labute approximate surface area is 218 Å². The number of halogens is 5. The summed E-state index contributed by atoms with van der Waals surface area (Å²) in [5.41, 5.74) is -1.22. The summed E-state index contributed by atoms with van der Waals surface area (Å²) in [4.78, 5) is 27.5. The van der Waals surface area contributed by atoms with E-state index < -0.39 is 57.7 Å². The Kier molecular flexibility index (Phi) is 10.3. The molecule has 0 aliphatic rings. The van der Waals surface area contributed by atoms with Crippen molar-refractivity contribution in [2.45, 2.75) is 45.5 Å². The molecule has 0 radical (unpaired) electrons. The Bertz CT molecular complexity index is 1210. The van der Waals surface area contributed by atoms with Gasteiger partial charge in [0.25, 0.3) is 0 Å². The van der Waals surface area contributed by atoms with Gasteiger partial charge in [-0.15, -0.1) is 0 Å². The molecule has 2 rings (SSSR count). The fourth-order valence-electron chi connectivity index (χ4n) is 3.55. The van der Waals surface area contributed by atoms with Gasteiger partial charge in [-0.25, -0.2) is 12.8 Å². The predicted octanol–water partition coefficient (Wildman–Crippen LogP) is 4.60. The zero-order chi connectivity index (χ0) is 28.0. The van der Waals surface area contributed by atoms with Crippen LogP contribution in [0.15, 0.2) is 42.5 Å². The van der Waals surface area contributed by atoms with Gasteiger partial charge in [-0.3, -0.25) is 13.9 Å². The van der Waals surface area contributed by atoms with Crippen molar-refractivity contribution in [1.29, 1.82) is 0 Å². The number of hydrogen-bond donors (Lipinski definition) is 1. The molecule has 204 valence electrons. The molecule has 0 aromatic heterocycles. The number of carbonyl (C=O) groups excluding carboxylic acids is 2. The van der Waals surface area contributed by atoms with Crippen LogP contribution < -0.4 is 9.62 Å². The number of anilines is 1. The maximum Gasteiger partial charge on any atom is 0.416 e. The van der Waals surface area contributed by atoms with Gasteiger partial charge in [0.05, 0.1) is 22.5 Å². The lowest BCUT2D eigenvalue weighted by Gasteiger charge is -2.33. The largest absolute Gasteiger partial charge is 0.416 e. The van der Waals surface area contributed by atoms with Crippen molar-refractivity contribution in [2.24, 2.45) is 0 Å². The van der Waals surface area contributed by atoms with E-state index in [4.69, 9.17) is 11.6 Å². The number of hydrogen-bond acceptors (Lipinski definition) is 4. The molecule has 0 saturated heterocycles. The van der Waals surface area contributed by atoms with E-state index in [2.05, 4.69) is 5.32 Å². The maximum atomic E-state index is 13.5. The van der Waals surface area contributed by atoms with Gasteiger partial charge >= 0.3 is 6.18 Å². The highest BCUT2D eigenvalue weighted by Gasteiger charge is 2.35. The summed E-state index contributed by atoms with van der Waals surface area (Å²) < 4.78 is 79.0. The van der Waals surface area contributed by atoms with Crippen LogP contribution in [0.1, 0.15) is 37.8 Å². The van der Waals surface area contributed by atoms with Crippen molar-refractivity contribution >= 4 is 39.1 Å². The Balaban J connectivity index is 2.52. The molecule has 0 fully saturated rings. The average Bonchev–Trinajstić information content (AvgIpc) is 2.81. The molecule has 0 spiro atoms. The van der Waals surface area contributed by atoms with E-state index >= 15 is 0 Å². The van der Waals surface area contributed by atoms with Crippen LogP contribution in [0.25, 0.3) is 0 Å². The van der Waals surface area contributed by atoms with E-state index in [1.165, 1.54) is 24.3 Å². The number of nitrogens with one attached hydrogen (secondary N) is 1. The minimum atomic E-state index is -4.79. The molecule has 7 nitrogen and oxygen atoms in total. The van der Waals surface area contributed by atoms with Crippen LogP contribution >= 0.6 is 11.6 Å². The van der Waals surface area contributed by atoms with E-state index in [1.54, 1.807) is 6.92 Å². The number of alkyl halides is 3. The molecule has 2 aromatic rings. The first-order valence-electron chi connectivity index (χ1n) is 11.3. The zero-order valence-corrected chi connectivity index (χ0v) is 22.1. The lowest BCUT2D eigenvalue weighted by atomic mass is 10.1. The van der Waals surface area contributed by atoms with Crippen molar-refractivity contribution in [1.82, 2.24) is 10.2 Å². The van der Waals surface area contributed by atoms with E-state index in [0.29, 0.717) is 35.0 Å². The van der Waals surface area contributed by atoms with Crippen LogP contribution in [0, 0.1) is 5.82 Å². The molecule has 0 bridgehead atoms. The number of nitrogens with zero attached hydrogens (tertiary/aromatic N) is 2. The van der Waals surface area contributed by atoms with Crippen molar-refractivity contribution in [3.8, 4) is 0 Å². The minimum Gasteiger partial charge on any atom is -0.354 e. The monoisotopic (exact) mass is 565 g/mol. The Morgan fingerprint density at radius 2 is 1.70 bits per heavy atom. The highest BCUT2D eigenvalue weighted by Crippen LogP contribution is 2.36. The second-order valence-corrected chi connectivity index (χ2v) is 10.6. The SMILES string of the molecule is CCCNC(=O)[C@@H](CC)N(Cc1ccc(F)cc1)C(=O)CN(c1cc(C(F)(F)F)ccc1Cl)S(C)(=O)=O. The number of carbonyl (C=O) groups is 2. The molecule has 2 aromatic carbocycles. The molecular weight excluding hydrogens is 538 g/mol. The van der Waals surface area contributed by atoms with E-state index in [9.17, 15) is 35.6 Å². The van der Waals surface area contributed by atoms with Gasteiger partial charge < -0.3 is 10.2 Å². The molecule has 1 atom stereocenters. The maximum absolute atomic E-state index is 13.5. The van der Waals surface area contributed by atoms with Crippen LogP contribution in [-0.4, -0.2) is 50.5 Å². The van der Waals surface area contributed by atoms with Gasteiger partial charge in [0.15, 0.2) is 0 Å². The molecule has 13 heteroatoms. The van der Waals surface area contributed by atoms with Gasteiger partial charge in [-0.2, -0.15) is 13.2 Å². The van der Waals surface area contributed by atoms with Crippen LogP contribution in [0.5, 0.6) is 0 Å². The van der Waals surface area contributed by atoms with E-state index in [0.717, 1.165) is 17.2 Å². The molecule has 2 amide bonds. The summed E-state index contributed by atoms with van der Waals surface area (Å²) in [5, 5.41) is 2.38. The first-order valence-corrected chi connectivity index (χ1v) is 13.6.